The number of benzene rings is 1. The van der Waals surface area contributed by atoms with Crippen molar-refractivity contribution >= 4 is 25.8 Å². The number of fused-ring (bicyclic) bond motifs is 1. The Morgan fingerprint density at radius 3 is 2.41 bits per heavy atom. The van der Waals surface area contributed by atoms with Crippen molar-refractivity contribution in [2.75, 3.05) is 16.5 Å². The van der Waals surface area contributed by atoms with Gasteiger partial charge in [-0.15, -0.1) is 0 Å². The molecule has 1 aliphatic rings. The zero-order valence-corrected chi connectivity index (χ0v) is 14.6. The van der Waals surface area contributed by atoms with Gasteiger partial charge in [0.2, 0.25) is 5.91 Å². The average Bonchev–Trinajstić information content (AvgIpc) is 2.40. The summed E-state index contributed by atoms with van der Waals surface area (Å²) < 4.78 is 14.2. The Hall–Kier alpha value is -1.16. The lowest BCUT2D eigenvalue weighted by atomic mass is 10.2. The molecule has 0 bridgehead atoms. The van der Waals surface area contributed by atoms with E-state index in [1.54, 1.807) is 0 Å². The monoisotopic (exact) mass is 324 g/mol. The number of amides is 1. The molecule has 0 saturated heterocycles. The lowest BCUT2D eigenvalue weighted by Gasteiger charge is -2.35. The summed E-state index contributed by atoms with van der Waals surface area (Å²) in [5, 5.41) is 2.97. The Morgan fingerprint density at radius 2 is 1.77 bits per heavy atom. The number of anilines is 2. The predicted molar refractivity (Wildman–Crippen MR) is 91.0 cm³/mol. The van der Waals surface area contributed by atoms with E-state index in [9.17, 15) is 4.79 Å². The van der Waals surface area contributed by atoms with Crippen LogP contribution in [0.25, 0.3) is 0 Å². The second kappa shape index (κ2) is 7.91. The molecule has 0 atom stereocenters. The summed E-state index contributed by atoms with van der Waals surface area (Å²) in [7, 11) is -1.21. The van der Waals surface area contributed by atoms with Crippen molar-refractivity contribution in [3.63, 3.8) is 0 Å². The van der Waals surface area contributed by atoms with Crippen LogP contribution in [0, 0.1) is 0 Å². The Labute approximate surface area is 134 Å². The van der Waals surface area contributed by atoms with Gasteiger partial charge in [0, 0.05) is 13.0 Å². The quantitative estimate of drug-likeness (QED) is 0.820. The highest BCUT2D eigenvalue weighted by molar-refractivity contribution is 7.49. The van der Waals surface area contributed by atoms with Crippen LogP contribution < -0.4 is 9.99 Å². The molecule has 0 saturated carbocycles. The molecule has 1 amide bonds. The zero-order chi connectivity index (χ0) is 16.1. The van der Waals surface area contributed by atoms with Crippen LogP contribution in [-0.2, 0) is 13.8 Å². The van der Waals surface area contributed by atoms with Crippen LogP contribution >= 0.6 is 8.53 Å². The van der Waals surface area contributed by atoms with E-state index >= 15 is 0 Å². The van der Waals surface area contributed by atoms with Crippen LogP contribution in [0.15, 0.2) is 24.3 Å². The fourth-order valence-electron chi connectivity index (χ4n) is 2.20. The van der Waals surface area contributed by atoms with Crippen LogP contribution in [0.4, 0.5) is 11.4 Å². The molecule has 6 heteroatoms. The number of hydrogen-bond acceptors (Lipinski definition) is 4. The minimum absolute atomic E-state index is 0.0611. The normalized spacial score (nSPS) is 15.8. The smallest absolute Gasteiger partial charge is 0.290 e. The third-order valence-electron chi connectivity index (χ3n) is 3.03. The number of hydrogen-bond donors (Lipinski definition) is 1. The lowest BCUT2D eigenvalue weighted by molar-refractivity contribution is -0.116. The Kier molecular flexibility index (Phi) is 6.18. The second-order valence-corrected chi connectivity index (χ2v) is 7.22. The first-order valence-electron chi connectivity index (χ1n) is 7.77. The highest BCUT2D eigenvalue weighted by Gasteiger charge is 2.28. The van der Waals surface area contributed by atoms with Gasteiger partial charge in [0.15, 0.2) is 0 Å². The van der Waals surface area contributed by atoms with Gasteiger partial charge in [-0.3, -0.25) is 4.79 Å². The van der Waals surface area contributed by atoms with Crippen LogP contribution in [-0.4, -0.2) is 24.7 Å². The van der Waals surface area contributed by atoms with Gasteiger partial charge in [-0.2, -0.15) is 0 Å². The van der Waals surface area contributed by atoms with Crippen molar-refractivity contribution in [2.24, 2.45) is 0 Å². The number of para-hydroxylation sites is 2. The third kappa shape index (κ3) is 4.67. The maximum Gasteiger partial charge on any atom is 0.290 e. The molecule has 1 aliphatic heterocycles. The highest BCUT2D eigenvalue weighted by atomic mass is 31.2. The summed E-state index contributed by atoms with van der Waals surface area (Å²) in [5.74, 6) is 0.0611. The molecule has 22 heavy (non-hydrogen) atoms. The van der Waals surface area contributed by atoms with Crippen molar-refractivity contribution in [1.29, 1.82) is 0 Å². The summed E-state index contributed by atoms with van der Waals surface area (Å²) in [6.45, 7) is 8.79. The molecular weight excluding hydrogens is 299 g/mol. The summed E-state index contributed by atoms with van der Waals surface area (Å²) in [4.78, 5) is 11.8. The predicted octanol–water partition coefficient (Wildman–Crippen LogP) is 4.30. The van der Waals surface area contributed by atoms with Gasteiger partial charge >= 0.3 is 0 Å². The number of rotatable bonds is 5. The largest absolute Gasteiger partial charge is 0.324 e. The minimum Gasteiger partial charge on any atom is -0.324 e. The molecule has 1 aromatic carbocycles. The molecule has 0 aliphatic carbocycles. The van der Waals surface area contributed by atoms with Gasteiger partial charge in [-0.1, -0.05) is 12.1 Å². The van der Waals surface area contributed by atoms with Gasteiger partial charge in [0.1, 0.15) is 0 Å². The number of nitrogens with one attached hydrogen (secondary N) is 1. The van der Waals surface area contributed by atoms with E-state index in [1.807, 2.05) is 52.0 Å². The van der Waals surface area contributed by atoms with Crippen molar-refractivity contribution in [2.45, 2.75) is 52.7 Å². The van der Waals surface area contributed by atoms with Crippen LogP contribution in [0.3, 0.4) is 0 Å². The van der Waals surface area contributed by atoms with Gasteiger partial charge in [-0.25, -0.2) is 0 Å². The molecule has 1 heterocycles. The summed E-state index contributed by atoms with van der Waals surface area (Å²) in [6.07, 6.45) is 1.45. The first kappa shape index (κ1) is 17.2. The Morgan fingerprint density at radius 1 is 1.14 bits per heavy atom. The van der Waals surface area contributed by atoms with Gasteiger partial charge in [0.25, 0.3) is 8.53 Å². The van der Waals surface area contributed by atoms with Crippen molar-refractivity contribution in [3.8, 4) is 0 Å². The standard InChI is InChI=1S/C16H25N2O3P/c1-12(2)20-22(21-13(3)4)18-11-7-10-16(19)17-14-8-5-6-9-15(14)18/h5-6,8-9,12-13H,7,10-11H2,1-4H3,(H,17,19). The fourth-order valence-corrected chi connectivity index (χ4v) is 3.85. The fraction of sp³-hybridized carbons (Fsp3) is 0.562. The average molecular weight is 324 g/mol. The van der Waals surface area contributed by atoms with Crippen LogP contribution in [0.5, 0.6) is 0 Å². The maximum absolute atomic E-state index is 11.8. The van der Waals surface area contributed by atoms with Gasteiger partial charge < -0.3 is 19.0 Å². The summed E-state index contributed by atoms with van der Waals surface area (Å²) >= 11 is 0. The summed E-state index contributed by atoms with van der Waals surface area (Å²) in [5.41, 5.74) is 1.78. The third-order valence-corrected chi connectivity index (χ3v) is 5.04. The van der Waals surface area contributed by atoms with Crippen LogP contribution in [0.1, 0.15) is 40.5 Å². The molecule has 0 spiro atoms. The van der Waals surface area contributed by atoms with E-state index in [4.69, 9.17) is 9.05 Å². The van der Waals surface area contributed by atoms with Crippen molar-refractivity contribution in [1.82, 2.24) is 0 Å². The highest BCUT2D eigenvalue weighted by Crippen LogP contribution is 2.50. The van der Waals surface area contributed by atoms with E-state index in [0.29, 0.717) is 6.42 Å². The maximum atomic E-state index is 11.8. The molecule has 5 nitrogen and oxygen atoms in total. The molecule has 0 fully saturated rings. The second-order valence-electron chi connectivity index (χ2n) is 5.84. The minimum atomic E-state index is -1.21. The lowest BCUT2D eigenvalue weighted by Crippen LogP contribution is -2.28. The molecule has 2 rings (SSSR count). The Balaban J connectivity index is 2.33. The molecule has 0 unspecified atom stereocenters. The van der Waals surface area contributed by atoms with E-state index in [0.717, 1.165) is 24.3 Å². The molecule has 0 aromatic heterocycles. The SMILES string of the molecule is CC(C)OP(OC(C)C)N1CCCC(=O)Nc2ccccc21. The zero-order valence-electron chi connectivity index (χ0n) is 13.7. The van der Waals surface area contributed by atoms with Gasteiger partial charge in [-0.05, 0) is 46.2 Å². The molecule has 0 radical (unpaired) electrons. The molecular formula is C16H25N2O3P. The van der Waals surface area contributed by atoms with Crippen LogP contribution in [0.2, 0.25) is 0 Å². The van der Waals surface area contributed by atoms with Crippen molar-refractivity contribution < 1.29 is 13.8 Å². The van der Waals surface area contributed by atoms with E-state index in [1.165, 1.54) is 0 Å². The number of carbonyl (C=O) groups is 1. The number of nitrogens with zero attached hydrogens (tertiary/aromatic N) is 1. The molecule has 1 aromatic rings. The topological polar surface area (TPSA) is 50.8 Å². The van der Waals surface area contributed by atoms with E-state index in [-0.39, 0.29) is 18.1 Å². The first-order chi connectivity index (χ1) is 10.5. The first-order valence-corrected chi connectivity index (χ1v) is 8.90. The number of carbonyl (C=O) groups excluding carboxylic acids is 1. The molecule has 122 valence electrons. The van der Waals surface area contributed by atoms with E-state index in [2.05, 4.69) is 9.99 Å². The summed E-state index contributed by atoms with van der Waals surface area (Å²) in [6, 6.07) is 7.82. The van der Waals surface area contributed by atoms with E-state index < -0.39 is 8.53 Å². The van der Waals surface area contributed by atoms with Crippen molar-refractivity contribution in [3.05, 3.63) is 24.3 Å². The Bertz CT molecular complexity index is 498. The van der Waals surface area contributed by atoms with Gasteiger partial charge in [0.05, 0.1) is 23.6 Å². The molecule has 1 N–H and O–H groups in total.